The van der Waals surface area contributed by atoms with Gasteiger partial charge in [-0.2, -0.15) is 5.26 Å². The van der Waals surface area contributed by atoms with Crippen LogP contribution in [0.5, 0.6) is 5.75 Å². The van der Waals surface area contributed by atoms with Crippen molar-refractivity contribution in [3.63, 3.8) is 0 Å². The molecule has 0 aliphatic rings. The van der Waals surface area contributed by atoms with Crippen molar-refractivity contribution >= 4 is 23.2 Å². The summed E-state index contributed by atoms with van der Waals surface area (Å²) in [6.07, 6.45) is 1.22. The molecule has 0 amide bonds. The van der Waals surface area contributed by atoms with Crippen LogP contribution in [0.4, 0.5) is 0 Å². The first-order valence-corrected chi connectivity index (χ1v) is 4.94. The van der Waals surface area contributed by atoms with Gasteiger partial charge in [-0.05, 0) is 18.6 Å². The van der Waals surface area contributed by atoms with Gasteiger partial charge in [-0.3, -0.25) is 0 Å². The zero-order chi connectivity index (χ0) is 10.4. The molecule has 74 valence electrons. The van der Waals surface area contributed by atoms with Crippen molar-refractivity contribution in [3.05, 3.63) is 28.2 Å². The quantitative estimate of drug-likeness (QED) is 0.739. The highest BCUT2D eigenvalue weighted by molar-refractivity contribution is 6.42. The van der Waals surface area contributed by atoms with Gasteiger partial charge in [0.15, 0.2) is 0 Å². The lowest BCUT2D eigenvalue weighted by atomic mass is 10.3. The summed E-state index contributed by atoms with van der Waals surface area (Å²) in [6, 6.07) is 7.14. The number of unbranched alkanes of at least 4 members (excludes halogenated alkanes) is 1. The standard InChI is InChI=1S/C10H9Cl2NO/c11-9-4-3-8(7-10(9)12)14-6-2-1-5-13/h3-4,7H,1-2,6H2. The largest absolute Gasteiger partial charge is 0.494 e. The number of rotatable bonds is 4. The predicted octanol–water partition coefficient (Wildman–Crippen LogP) is 3.68. The molecule has 0 bridgehead atoms. The van der Waals surface area contributed by atoms with Crippen LogP contribution in [0.3, 0.4) is 0 Å². The van der Waals surface area contributed by atoms with Gasteiger partial charge < -0.3 is 4.74 Å². The highest BCUT2D eigenvalue weighted by atomic mass is 35.5. The highest BCUT2D eigenvalue weighted by Gasteiger charge is 1.99. The topological polar surface area (TPSA) is 33.0 Å². The molecule has 4 heteroatoms. The molecule has 0 spiro atoms. The lowest BCUT2D eigenvalue weighted by molar-refractivity contribution is 0.313. The fourth-order valence-electron chi connectivity index (χ4n) is 0.908. The van der Waals surface area contributed by atoms with Crippen LogP contribution in [0, 0.1) is 11.3 Å². The zero-order valence-electron chi connectivity index (χ0n) is 7.46. The Bertz CT molecular complexity index is 346. The van der Waals surface area contributed by atoms with E-state index in [4.69, 9.17) is 33.2 Å². The molecule has 0 radical (unpaired) electrons. The van der Waals surface area contributed by atoms with Crippen molar-refractivity contribution in [1.82, 2.24) is 0 Å². The van der Waals surface area contributed by atoms with E-state index in [0.29, 0.717) is 28.8 Å². The number of hydrogen-bond donors (Lipinski definition) is 0. The van der Waals surface area contributed by atoms with Crippen LogP contribution < -0.4 is 4.74 Å². The molecule has 0 aromatic heterocycles. The minimum absolute atomic E-state index is 0.476. The SMILES string of the molecule is N#CCCCOc1ccc(Cl)c(Cl)c1. The van der Waals surface area contributed by atoms with Crippen LogP contribution in [-0.4, -0.2) is 6.61 Å². The van der Waals surface area contributed by atoms with Gasteiger partial charge in [0.1, 0.15) is 5.75 Å². The fraction of sp³-hybridized carbons (Fsp3) is 0.300. The first-order valence-electron chi connectivity index (χ1n) is 4.19. The Balaban J connectivity index is 2.44. The summed E-state index contributed by atoms with van der Waals surface area (Å²) < 4.78 is 5.35. The average molecular weight is 230 g/mol. The summed E-state index contributed by atoms with van der Waals surface area (Å²) in [7, 11) is 0. The Labute approximate surface area is 93.0 Å². The molecule has 0 saturated heterocycles. The molecule has 0 saturated carbocycles. The van der Waals surface area contributed by atoms with Crippen molar-refractivity contribution in [2.75, 3.05) is 6.61 Å². The lowest BCUT2D eigenvalue weighted by Gasteiger charge is -2.05. The monoisotopic (exact) mass is 229 g/mol. The Kier molecular flexibility index (Phi) is 4.58. The van der Waals surface area contributed by atoms with E-state index < -0.39 is 0 Å². The van der Waals surface area contributed by atoms with Crippen molar-refractivity contribution < 1.29 is 4.74 Å². The summed E-state index contributed by atoms with van der Waals surface area (Å²) >= 11 is 11.5. The maximum absolute atomic E-state index is 8.30. The smallest absolute Gasteiger partial charge is 0.120 e. The first-order chi connectivity index (χ1) is 6.74. The number of benzene rings is 1. The van der Waals surface area contributed by atoms with E-state index in [1.807, 2.05) is 6.07 Å². The molecule has 0 aliphatic heterocycles. The van der Waals surface area contributed by atoms with Crippen molar-refractivity contribution in [2.24, 2.45) is 0 Å². The van der Waals surface area contributed by atoms with Crippen molar-refractivity contribution in [3.8, 4) is 11.8 Å². The Morgan fingerprint density at radius 3 is 2.71 bits per heavy atom. The number of hydrogen-bond acceptors (Lipinski definition) is 2. The summed E-state index contributed by atoms with van der Waals surface area (Å²) in [5.74, 6) is 0.678. The van der Waals surface area contributed by atoms with Gasteiger partial charge in [-0.1, -0.05) is 23.2 Å². The van der Waals surface area contributed by atoms with Gasteiger partial charge in [-0.15, -0.1) is 0 Å². The van der Waals surface area contributed by atoms with E-state index in [1.54, 1.807) is 18.2 Å². The summed E-state index contributed by atoms with van der Waals surface area (Å²) in [4.78, 5) is 0. The van der Waals surface area contributed by atoms with Crippen LogP contribution in [0.2, 0.25) is 10.0 Å². The number of halogens is 2. The molecule has 0 aliphatic carbocycles. The predicted molar refractivity (Wildman–Crippen MR) is 56.8 cm³/mol. The van der Waals surface area contributed by atoms with Crippen LogP contribution in [0.1, 0.15) is 12.8 Å². The van der Waals surface area contributed by atoms with Crippen LogP contribution in [0.25, 0.3) is 0 Å². The van der Waals surface area contributed by atoms with E-state index >= 15 is 0 Å². The van der Waals surface area contributed by atoms with E-state index in [9.17, 15) is 0 Å². The van der Waals surface area contributed by atoms with Gasteiger partial charge in [0.25, 0.3) is 0 Å². The molecule has 1 rings (SSSR count). The van der Waals surface area contributed by atoms with E-state index in [0.717, 1.165) is 6.42 Å². The average Bonchev–Trinajstić information content (AvgIpc) is 2.18. The molecule has 0 heterocycles. The van der Waals surface area contributed by atoms with Crippen LogP contribution in [-0.2, 0) is 0 Å². The third-order valence-electron chi connectivity index (χ3n) is 1.59. The maximum atomic E-state index is 8.30. The lowest BCUT2D eigenvalue weighted by Crippen LogP contribution is -1.96. The number of nitriles is 1. The van der Waals surface area contributed by atoms with E-state index in [-0.39, 0.29) is 0 Å². The Morgan fingerprint density at radius 2 is 2.07 bits per heavy atom. The minimum atomic E-state index is 0.476. The third-order valence-corrected chi connectivity index (χ3v) is 2.33. The van der Waals surface area contributed by atoms with Crippen LogP contribution >= 0.6 is 23.2 Å². The minimum Gasteiger partial charge on any atom is -0.494 e. The zero-order valence-corrected chi connectivity index (χ0v) is 8.98. The van der Waals surface area contributed by atoms with E-state index in [2.05, 4.69) is 0 Å². The van der Waals surface area contributed by atoms with Crippen molar-refractivity contribution in [1.29, 1.82) is 5.26 Å². The molecular formula is C10H9Cl2NO. The van der Waals surface area contributed by atoms with Gasteiger partial charge in [0.05, 0.1) is 22.7 Å². The number of nitrogens with zero attached hydrogens (tertiary/aromatic N) is 1. The normalized spacial score (nSPS) is 9.50. The van der Waals surface area contributed by atoms with Crippen molar-refractivity contribution in [2.45, 2.75) is 12.8 Å². The van der Waals surface area contributed by atoms with Crippen LogP contribution in [0.15, 0.2) is 18.2 Å². The highest BCUT2D eigenvalue weighted by Crippen LogP contribution is 2.26. The van der Waals surface area contributed by atoms with Gasteiger partial charge in [0.2, 0.25) is 0 Å². The molecule has 0 N–H and O–H groups in total. The summed E-state index contributed by atoms with van der Waals surface area (Å²) in [6.45, 7) is 0.519. The van der Waals surface area contributed by atoms with Gasteiger partial charge in [-0.25, -0.2) is 0 Å². The Hall–Kier alpha value is -0.910. The summed E-state index contributed by atoms with van der Waals surface area (Å²) in [5, 5.41) is 9.29. The molecule has 1 aromatic rings. The molecule has 0 atom stereocenters. The second kappa shape index (κ2) is 5.74. The molecule has 2 nitrogen and oxygen atoms in total. The molecular weight excluding hydrogens is 221 g/mol. The second-order valence-electron chi connectivity index (χ2n) is 2.69. The van der Waals surface area contributed by atoms with E-state index in [1.165, 1.54) is 0 Å². The molecule has 1 aromatic carbocycles. The fourth-order valence-corrected chi connectivity index (χ4v) is 1.20. The first kappa shape index (κ1) is 11.2. The number of ether oxygens (including phenoxy) is 1. The molecule has 0 fully saturated rings. The molecule has 0 unspecified atom stereocenters. The molecule has 14 heavy (non-hydrogen) atoms. The summed E-state index contributed by atoms with van der Waals surface area (Å²) in [5.41, 5.74) is 0. The Morgan fingerprint density at radius 1 is 1.29 bits per heavy atom. The third kappa shape index (κ3) is 3.45. The van der Waals surface area contributed by atoms with Gasteiger partial charge >= 0.3 is 0 Å². The second-order valence-corrected chi connectivity index (χ2v) is 3.50. The maximum Gasteiger partial charge on any atom is 0.120 e. The van der Waals surface area contributed by atoms with Gasteiger partial charge in [0, 0.05) is 12.5 Å².